The van der Waals surface area contributed by atoms with Crippen LogP contribution in [-0.4, -0.2) is 70.2 Å². The van der Waals surface area contributed by atoms with Gasteiger partial charge in [0.25, 0.3) is 0 Å². The molecule has 0 radical (unpaired) electrons. The lowest BCUT2D eigenvalue weighted by atomic mass is 9.75. The molecule has 0 amide bonds. The first-order chi connectivity index (χ1) is 23.2. The third-order valence-electron chi connectivity index (χ3n) is 10.3. The van der Waals surface area contributed by atoms with Gasteiger partial charge in [-0.3, -0.25) is 4.79 Å². The van der Waals surface area contributed by atoms with Gasteiger partial charge >= 0.3 is 5.97 Å². The molecular weight excluding hydrogens is 657 g/mol. The number of cyclic esters (lactones) is 1. The van der Waals surface area contributed by atoms with Crippen molar-refractivity contribution in [3.05, 3.63) is 35.4 Å². The Labute approximate surface area is 291 Å². The zero-order chi connectivity index (χ0) is 34.2. The standard InChI is InChI=1S/C36H48O10S2/c1-19(2)22-10-9-20(3)15-25(22)45-35-29(28(34(38)46-35)30(37)21-16-26(39-4)32(42-7)27(17-21)40-5)36(47-13-8-14-48-36)23-11-12-24-33(31(23)41-6)44-18-43-24/h11-12,16-17,19-20,22,25,28-30,35,37H,8-10,13-15,18H2,1-7H3/t20?,22?,25?,28-,29+,30+,35+/m0/s1. The van der Waals surface area contributed by atoms with Gasteiger partial charge in [-0.1, -0.05) is 27.2 Å². The number of fused-ring (bicyclic) bond motifs is 1. The Morgan fingerprint density at radius 2 is 1.62 bits per heavy atom. The van der Waals surface area contributed by atoms with E-state index < -0.39 is 34.3 Å². The first kappa shape index (κ1) is 35.2. The number of ether oxygens (including phenoxy) is 8. The van der Waals surface area contributed by atoms with Crippen LogP contribution < -0.4 is 28.4 Å². The fourth-order valence-corrected chi connectivity index (χ4v) is 11.6. The highest BCUT2D eigenvalue weighted by atomic mass is 32.2. The summed E-state index contributed by atoms with van der Waals surface area (Å²) in [7, 11) is 6.20. The van der Waals surface area contributed by atoms with Gasteiger partial charge in [-0.15, -0.1) is 23.5 Å². The van der Waals surface area contributed by atoms with Crippen LogP contribution in [0.25, 0.3) is 0 Å². The molecule has 3 unspecified atom stereocenters. The second-order valence-electron chi connectivity index (χ2n) is 13.4. The normalized spacial score (nSPS) is 28.6. The van der Waals surface area contributed by atoms with Gasteiger partial charge in [0.05, 0.1) is 56.6 Å². The number of aliphatic hydroxyl groups excluding tert-OH is 1. The van der Waals surface area contributed by atoms with Crippen molar-refractivity contribution in [1.82, 2.24) is 0 Å². The van der Waals surface area contributed by atoms with Crippen molar-refractivity contribution < 1.29 is 47.8 Å². The molecule has 2 aromatic rings. The van der Waals surface area contributed by atoms with Gasteiger partial charge in [0, 0.05) is 5.56 Å². The number of carbonyl (C=O) groups excluding carboxylic acids is 1. The summed E-state index contributed by atoms with van der Waals surface area (Å²) in [6.45, 7) is 6.82. The molecule has 1 saturated carbocycles. The quantitative estimate of drug-likeness (QED) is 0.249. The fraction of sp³-hybridized carbons (Fsp3) is 0.639. The summed E-state index contributed by atoms with van der Waals surface area (Å²) in [5.74, 6) is 3.61. The predicted molar refractivity (Wildman–Crippen MR) is 184 cm³/mol. The number of benzene rings is 2. The Hall–Kier alpha value is -2.67. The second kappa shape index (κ2) is 14.7. The molecule has 0 aromatic heterocycles. The molecule has 2 aromatic carbocycles. The number of hydrogen-bond acceptors (Lipinski definition) is 12. The molecule has 264 valence electrons. The van der Waals surface area contributed by atoms with Gasteiger partial charge in [-0.2, -0.15) is 0 Å². The van der Waals surface area contributed by atoms with Crippen LogP contribution in [-0.2, 0) is 18.3 Å². The first-order valence-corrected chi connectivity index (χ1v) is 18.7. The predicted octanol–water partition coefficient (Wildman–Crippen LogP) is 6.80. The fourth-order valence-electron chi connectivity index (χ4n) is 7.86. The van der Waals surface area contributed by atoms with Crippen LogP contribution in [0.1, 0.15) is 63.7 Å². The molecule has 6 rings (SSSR count). The molecular formula is C36H48O10S2. The molecule has 1 aliphatic carbocycles. The lowest BCUT2D eigenvalue weighted by Gasteiger charge is -2.46. The topological polar surface area (TPSA) is 111 Å². The largest absolute Gasteiger partial charge is 0.493 e. The van der Waals surface area contributed by atoms with Gasteiger partial charge in [0.1, 0.15) is 0 Å². The summed E-state index contributed by atoms with van der Waals surface area (Å²) in [6, 6.07) is 7.28. The Balaban J connectivity index is 1.51. The number of carbonyl (C=O) groups is 1. The van der Waals surface area contributed by atoms with E-state index in [1.165, 1.54) is 21.3 Å². The monoisotopic (exact) mass is 704 g/mol. The maximum atomic E-state index is 14.3. The van der Waals surface area contributed by atoms with Gasteiger partial charge in [0.2, 0.25) is 24.6 Å². The highest BCUT2D eigenvalue weighted by Gasteiger charge is 2.62. The van der Waals surface area contributed by atoms with Crippen LogP contribution in [0.2, 0.25) is 0 Å². The van der Waals surface area contributed by atoms with Crippen molar-refractivity contribution in [2.75, 3.05) is 46.7 Å². The smallest absolute Gasteiger partial charge is 0.314 e. The van der Waals surface area contributed by atoms with E-state index in [1.54, 1.807) is 42.8 Å². The van der Waals surface area contributed by atoms with E-state index in [1.807, 2.05) is 12.1 Å². The molecule has 10 nitrogen and oxygen atoms in total. The van der Waals surface area contributed by atoms with Crippen LogP contribution in [0, 0.1) is 29.6 Å². The maximum Gasteiger partial charge on any atom is 0.314 e. The van der Waals surface area contributed by atoms with Crippen LogP contribution in [0.4, 0.5) is 0 Å². The maximum absolute atomic E-state index is 14.3. The molecule has 0 bridgehead atoms. The van der Waals surface area contributed by atoms with Crippen molar-refractivity contribution >= 4 is 29.5 Å². The third-order valence-corrected chi connectivity index (χ3v) is 13.8. The molecule has 1 N–H and O–H groups in total. The molecule has 3 heterocycles. The van der Waals surface area contributed by atoms with Crippen molar-refractivity contribution in [2.24, 2.45) is 29.6 Å². The van der Waals surface area contributed by atoms with E-state index in [9.17, 15) is 9.90 Å². The van der Waals surface area contributed by atoms with Crippen LogP contribution in [0.15, 0.2) is 24.3 Å². The lowest BCUT2D eigenvalue weighted by Crippen LogP contribution is -2.46. The zero-order valence-corrected chi connectivity index (χ0v) is 30.4. The minimum atomic E-state index is -1.28. The molecule has 4 aliphatic rings. The summed E-state index contributed by atoms with van der Waals surface area (Å²) in [4.78, 5) is 14.3. The van der Waals surface area contributed by atoms with Crippen molar-refractivity contribution in [3.63, 3.8) is 0 Å². The summed E-state index contributed by atoms with van der Waals surface area (Å²) in [5.41, 5.74) is 1.29. The Morgan fingerprint density at radius 3 is 2.25 bits per heavy atom. The van der Waals surface area contributed by atoms with Crippen LogP contribution in [0.3, 0.4) is 0 Å². The van der Waals surface area contributed by atoms with E-state index in [4.69, 9.17) is 37.9 Å². The van der Waals surface area contributed by atoms with Crippen LogP contribution in [0.5, 0.6) is 34.5 Å². The summed E-state index contributed by atoms with van der Waals surface area (Å²) >= 11 is 3.49. The summed E-state index contributed by atoms with van der Waals surface area (Å²) < 4.78 is 47.0. The number of methoxy groups -OCH3 is 4. The number of aliphatic hydroxyl groups is 1. The molecule has 12 heteroatoms. The summed E-state index contributed by atoms with van der Waals surface area (Å²) in [6.07, 6.45) is 1.78. The highest BCUT2D eigenvalue weighted by Crippen LogP contribution is 2.65. The van der Waals surface area contributed by atoms with Gasteiger partial charge in [-0.05, 0) is 78.4 Å². The van der Waals surface area contributed by atoms with Crippen molar-refractivity contribution in [3.8, 4) is 34.5 Å². The average Bonchev–Trinajstić information content (AvgIpc) is 3.71. The van der Waals surface area contributed by atoms with E-state index >= 15 is 0 Å². The van der Waals surface area contributed by atoms with Crippen molar-refractivity contribution in [2.45, 2.75) is 69.0 Å². The second-order valence-corrected chi connectivity index (χ2v) is 16.3. The minimum Gasteiger partial charge on any atom is -0.493 e. The number of thioether (sulfide) groups is 2. The number of rotatable bonds is 11. The van der Waals surface area contributed by atoms with E-state index in [2.05, 4.69) is 20.8 Å². The van der Waals surface area contributed by atoms with E-state index in [0.717, 1.165) is 42.8 Å². The van der Waals surface area contributed by atoms with Gasteiger partial charge in [-0.25, -0.2) is 0 Å². The lowest BCUT2D eigenvalue weighted by molar-refractivity contribution is -0.197. The SMILES string of the molecule is COc1cc([C@@H](O)[C@H]2C(=O)O[C@@H](OC3CC(C)CCC3C(C)C)[C@@H]2C2(c3ccc4c(c3OC)OCO4)SCCCS2)cc(OC)c1OC. The molecule has 7 atom stereocenters. The Kier molecular flexibility index (Phi) is 10.7. The number of hydrogen-bond donors (Lipinski definition) is 1. The van der Waals surface area contributed by atoms with E-state index in [0.29, 0.717) is 57.8 Å². The molecule has 3 fully saturated rings. The third kappa shape index (κ3) is 6.26. The highest BCUT2D eigenvalue weighted by molar-refractivity contribution is 8.18. The van der Waals surface area contributed by atoms with Crippen LogP contribution >= 0.6 is 23.5 Å². The van der Waals surface area contributed by atoms with Gasteiger partial charge in [0.15, 0.2) is 23.0 Å². The first-order valence-electron chi connectivity index (χ1n) is 16.8. The molecule has 48 heavy (non-hydrogen) atoms. The molecule has 3 aliphatic heterocycles. The molecule has 0 spiro atoms. The summed E-state index contributed by atoms with van der Waals surface area (Å²) in [5, 5.41) is 12.3. The van der Waals surface area contributed by atoms with E-state index in [-0.39, 0.29) is 12.9 Å². The molecule has 2 saturated heterocycles. The average molecular weight is 705 g/mol. The Bertz CT molecular complexity index is 1440. The Morgan fingerprint density at radius 1 is 0.938 bits per heavy atom. The minimum absolute atomic E-state index is 0.0954. The number of esters is 1. The van der Waals surface area contributed by atoms with Crippen molar-refractivity contribution in [1.29, 1.82) is 0 Å². The zero-order valence-electron chi connectivity index (χ0n) is 28.8. The van der Waals surface area contributed by atoms with Gasteiger partial charge < -0.3 is 43.0 Å².